The second-order valence-electron chi connectivity index (χ2n) is 6.51. The van der Waals surface area contributed by atoms with Crippen molar-refractivity contribution in [2.24, 2.45) is 0 Å². The fourth-order valence-corrected chi connectivity index (χ4v) is 2.48. The van der Waals surface area contributed by atoms with Crippen LogP contribution in [0.2, 0.25) is 0 Å². The Morgan fingerprint density at radius 3 is 2.83 bits per heavy atom. The molecule has 0 unspecified atom stereocenters. The lowest BCUT2D eigenvalue weighted by Crippen LogP contribution is -2.40. The number of benzene rings is 1. The number of carbonyl (C=O) groups excluding carboxylic acids is 2. The minimum Gasteiger partial charge on any atom is -0.444 e. The van der Waals surface area contributed by atoms with E-state index in [0.29, 0.717) is 37.3 Å². The summed E-state index contributed by atoms with van der Waals surface area (Å²) in [5, 5.41) is 5.30. The highest BCUT2D eigenvalue weighted by Gasteiger charge is 2.27. The van der Waals surface area contributed by atoms with Crippen molar-refractivity contribution in [1.29, 1.82) is 0 Å². The monoisotopic (exact) mass is 323 g/mol. The lowest BCUT2D eigenvalue weighted by atomic mass is 10.2. The number of nitrogens with zero attached hydrogens (tertiary/aromatic N) is 1. The van der Waals surface area contributed by atoms with E-state index in [1.54, 1.807) is 26.8 Å². The first kappa shape index (κ1) is 17.1. The molecule has 0 bridgehead atoms. The van der Waals surface area contributed by atoms with Crippen LogP contribution >= 0.6 is 0 Å². The van der Waals surface area contributed by atoms with Crippen LogP contribution in [-0.2, 0) is 9.53 Å². The average Bonchev–Trinajstić information content (AvgIpc) is 2.87. The van der Waals surface area contributed by atoms with E-state index >= 15 is 0 Å². The van der Waals surface area contributed by atoms with Crippen LogP contribution in [0.15, 0.2) is 18.2 Å². The van der Waals surface area contributed by atoms with E-state index in [1.165, 1.54) is 12.1 Å². The second-order valence-corrected chi connectivity index (χ2v) is 6.51. The van der Waals surface area contributed by atoms with Gasteiger partial charge in [0.15, 0.2) is 0 Å². The summed E-state index contributed by atoms with van der Waals surface area (Å²) in [6.45, 7) is 6.50. The molecule has 1 saturated heterocycles. The Morgan fingerprint density at radius 2 is 2.17 bits per heavy atom. The van der Waals surface area contributed by atoms with Crippen LogP contribution < -0.4 is 15.5 Å². The maximum Gasteiger partial charge on any atom is 0.407 e. The molecule has 0 radical (unpaired) electrons. The van der Waals surface area contributed by atoms with Gasteiger partial charge in [0.2, 0.25) is 6.41 Å². The maximum absolute atomic E-state index is 14.0. The number of amides is 2. The molecular formula is C16H22FN3O3. The Hall–Kier alpha value is -2.31. The molecule has 2 amide bonds. The Bertz CT molecular complexity index is 586. The molecule has 1 atom stereocenters. The molecule has 126 valence electrons. The zero-order valence-corrected chi connectivity index (χ0v) is 13.6. The lowest BCUT2D eigenvalue weighted by Gasteiger charge is -2.23. The molecule has 0 spiro atoms. The summed E-state index contributed by atoms with van der Waals surface area (Å²) in [7, 11) is 0. The van der Waals surface area contributed by atoms with Crippen LogP contribution in [0.1, 0.15) is 27.2 Å². The molecule has 1 fully saturated rings. The van der Waals surface area contributed by atoms with Crippen molar-refractivity contribution >= 4 is 23.9 Å². The third-order valence-corrected chi connectivity index (χ3v) is 3.42. The minimum absolute atomic E-state index is 0.105. The first-order valence-electron chi connectivity index (χ1n) is 7.52. The summed E-state index contributed by atoms with van der Waals surface area (Å²) in [6.07, 6.45) is 0.777. The highest BCUT2D eigenvalue weighted by Crippen LogP contribution is 2.27. The molecule has 7 heteroatoms. The standard InChI is InChI=1S/C16H22FN3O3/c1-16(2,3)23-15(22)19-12-6-7-20(9-12)14-8-11(18-10-21)4-5-13(14)17/h4-5,8,10,12H,6-7,9H2,1-3H3,(H,18,21)(H,19,22)/t12-/m0/s1. The van der Waals surface area contributed by atoms with E-state index < -0.39 is 11.7 Å². The summed E-state index contributed by atoms with van der Waals surface area (Å²) >= 11 is 0. The van der Waals surface area contributed by atoms with Gasteiger partial charge in [0.1, 0.15) is 11.4 Å². The van der Waals surface area contributed by atoms with Gasteiger partial charge in [0.05, 0.1) is 11.7 Å². The van der Waals surface area contributed by atoms with Crippen molar-refractivity contribution in [2.45, 2.75) is 38.8 Å². The lowest BCUT2D eigenvalue weighted by molar-refractivity contribution is -0.105. The van der Waals surface area contributed by atoms with Gasteiger partial charge in [-0.25, -0.2) is 9.18 Å². The maximum atomic E-state index is 14.0. The normalized spacial score (nSPS) is 17.7. The number of ether oxygens (including phenoxy) is 1. The van der Waals surface area contributed by atoms with E-state index in [-0.39, 0.29) is 11.9 Å². The molecule has 6 nitrogen and oxygen atoms in total. The number of anilines is 2. The summed E-state index contributed by atoms with van der Waals surface area (Å²) in [6, 6.07) is 4.29. The van der Waals surface area contributed by atoms with Gasteiger partial charge in [-0.05, 0) is 45.4 Å². The van der Waals surface area contributed by atoms with Crippen molar-refractivity contribution in [3.63, 3.8) is 0 Å². The van der Waals surface area contributed by atoms with Crippen LogP contribution in [-0.4, -0.2) is 37.2 Å². The largest absolute Gasteiger partial charge is 0.444 e. The molecular weight excluding hydrogens is 301 g/mol. The smallest absolute Gasteiger partial charge is 0.407 e. The fraction of sp³-hybridized carbons (Fsp3) is 0.500. The number of nitrogens with one attached hydrogen (secondary N) is 2. The van der Waals surface area contributed by atoms with E-state index in [1.807, 2.05) is 4.90 Å². The van der Waals surface area contributed by atoms with Gasteiger partial charge in [0, 0.05) is 18.8 Å². The third kappa shape index (κ3) is 4.84. The zero-order chi connectivity index (χ0) is 17.0. The van der Waals surface area contributed by atoms with Gasteiger partial charge >= 0.3 is 6.09 Å². The van der Waals surface area contributed by atoms with E-state index in [2.05, 4.69) is 10.6 Å². The minimum atomic E-state index is -0.552. The van der Waals surface area contributed by atoms with Gasteiger partial charge in [-0.1, -0.05) is 0 Å². The molecule has 1 aromatic carbocycles. The summed E-state index contributed by atoms with van der Waals surface area (Å²) < 4.78 is 19.2. The quantitative estimate of drug-likeness (QED) is 0.835. The topological polar surface area (TPSA) is 70.7 Å². The first-order valence-corrected chi connectivity index (χ1v) is 7.52. The van der Waals surface area contributed by atoms with Crippen molar-refractivity contribution in [2.75, 3.05) is 23.3 Å². The predicted octanol–water partition coefficient (Wildman–Crippen LogP) is 2.50. The first-order chi connectivity index (χ1) is 10.8. The molecule has 1 heterocycles. The number of rotatable bonds is 4. The molecule has 23 heavy (non-hydrogen) atoms. The Kier molecular flexibility index (Phi) is 5.08. The molecule has 0 saturated carbocycles. The van der Waals surface area contributed by atoms with Crippen LogP contribution in [0, 0.1) is 5.82 Å². The molecule has 0 aliphatic carbocycles. The van der Waals surface area contributed by atoms with Crippen molar-refractivity contribution in [1.82, 2.24) is 5.32 Å². The van der Waals surface area contributed by atoms with Crippen molar-refractivity contribution in [3.8, 4) is 0 Å². The van der Waals surface area contributed by atoms with Gasteiger partial charge in [-0.2, -0.15) is 0 Å². The molecule has 2 N–H and O–H groups in total. The average molecular weight is 323 g/mol. The van der Waals surface area contributed by atoms with Crippen LogP contribution in [0.5, 0.6) is 0 Å². The fourth-order valence-electron chi connectivity index (χ4n) is 2.48. The Balaban J connectivity index is 1.98. The highest BCUT2D eigenvalue weighted by molar-refractivity contribution is 5.74. The van der Waals surface area contributed by atoms with Gasteiger partial charge in [-0.15, -0.1) is 0 Å². The van der Waals surface area contributed by atoms with Crippen LogP contribution in [0.3, 0.4) is 0 Å². The summed E-state index contributed by atoms with van der Waals surface area (Å²) in [5.41, 5.74) is 0.383. The van der Waals surface area contributed by atoms with Crippen LogP contribution in [0.4, 0.5) is 20.6 Å². The number of halogens is 1. The second kappa shape index (κ2) is 6.85. The van der Waals surface area contributed by atoms with E-state index in [9.17, 15) is 14.0 Å². The van der Waals surface area contributed by atoms with Gasteiger partial charge in [-0.3, -0.25) is 4.79 Å². The zero-order valence-electron chi connectivity index (χ0n) is 13.6. The molecule has 1 aliphatic rings. The molecule has 2 rings (SSSR count). The number of hydrogen-bond donors (Lipinski definition) is 2. The van der Waals surface area contributed by atoms with Gasteiger partial charge in [0.25, 0.3) is 0 Å². The SMILES string of the molecule is CC(C)(C)OC(=O)N[C@H]1CCN(c2cc(NC=O)ccc2F)C1. The molecule has 0 aromatic heterocycles. The molecule has 1 aliphatic heterocycles. The Morgan fingerprint density at radius 1 is 1.43 bits per heavy atom. The van der Waals surface area contributed by atoms with E-state index in [0.717, 1.165) is 0 Å². The number of hydrogen-bond acceptors (Lipinski definition) is 4. The number of alkyl carbamates (subject to hydrolysis) is 1. The van der Waals surface area contributed by atoms with E-state index in [4.69, 9.17) is 4.74 Å². The third-order valence-electron chi connectivity index (χ3n) is 3.42. The van der Waals surface area contributed by atoms with Gasteiger partial charge < -0.3 is 20.3 Å². The Labute approximate surface area is 135 Å². The highest BCUT2D eigenvalue weighted by atomic mass is 19.1. The van der Waals surface area contributed by atoms with Crippen molar-refractivity contribution < 1.29 is 18.7 Å². The van der Waals surface area contributed by atoms with Crippen molar-refractivity contribution in [3.05, 3.63) is 24.0 Å². The summed E-state index contributed by atoms with van der Waals surface area (Å²) in [5.74, 6) is -0.362. The predicted molar refractivity (Wildman–Crippen MR) is 86.1 cm³/mol. The summed E-state index contributed by atoms with van der Waals surface area (Å²) in [4.78, 5) is 24.1. The van der Waals surface area contributed by atoms with Crippen LogP contribution in [0.25, 0.3) is 0 Å². The molecule has 1 aromatic rings. The number of carbonyl (C=O) groups is 2.